The van der Waals surface area contributed by atoms with Gasteiger partial charge in [-0.25, -0.2) is 0 Å². The van der Waals surface area contributed by atoms with Gasteiger partial charge in [0.25, 0.3) is 0 Å². The number of fused-ring (bicyclic) bond motifs is 2. The molecule has 2 fully saturated rings. The summed E-state index contributed by atoms with van der Waals surface area (Å²) in [6.45, 7) is 0.295. The van der Waals surface area contributed by atoms with Crippen LogP contribution in [0.25, 0.3) is 0 Å². The first-order chi connectivity index (χ1) is 9.68. The van der Waals surface area contributed by atoms with E-state index < -0.39 is 11.9 Å². The first-order valence-electron chi connectivity index (χ1n) is 7.31. The van der Waals surface area contributed by atoms with Gasteiger partial charge >= 0.3 is 5.97 Å². The Bertz CT molecular complexity index is 587. The molecule has 2 saturated carbocycles. The highest BCUT2D eigenvalue weighted by Gasteiger charge is 2.58. The third kappa shape index (κ3) is 1.54. The molecule has 2 aliphatic carbocycles. The van der Waals surface area contributed by atoms with Gasteiger partial charge in [0.2, 0.25) is 5.91 Å². The van der Waals surface area contributed by atoms with Crippen molar-refractivity contribution in [3.63, 3.8) is 0 Å². The predicted octanol–water partition coefficient (Wildman–Crippen LogP) is 2.25. The molecule has 20 heavy (non-hydrogen) atoms. The van der Waals surface area contributed by atoms with E-state index in [1.807, 2.05) is 24.3 Å². The van der Waals surface area contributed by atoms with Crippen molar-refractivity contribution >= 4 is 17.6 Å². The van der Waals surface area contributed by atoms with E-state index in [1.54, 1.807) is 4.90 Å². The van der Waals surface area contributed by atoms with E-state index in [-0.39, 0.29) is 11.8 Å². The minimum atomic E-state index is -0.844. The lowest BCUT2D eigenvalue weighted by Crippen LogP contribution is -2.33. The predicted molar refractivity (Wildman–Crippen MR) is 73.5 cm³/mol. The molecule has 4 rings (SSSR count). The Morgan fingerprint density at radius 1 is 1.15 bits per heavy atom. The van der Waals surface area contributed by atoms with Gasteiger partial charge in [-0.3, -0.25) is 9.59 Å². The number of amides is 1. The number of carboxylic acid groups (broad SMARTS) is 1. The first-order valence-corrected chi connectivity index (χ1v) is 7.31. The Balaban J connectivity index is 1.63. The van der Waals surface area contributed by atoms with Crippen molar-refractivity contribution in [2.24, 2.45) is 17.8 Å². The van der Waals surface area contributed by atoms with Crippen LogP contribution in [0.2, 0.25) is 0 Å². The van der Waals surface area contributed by atoms with Crippen LogP contribution in [-0.4, -0.2) is 23.5 Å². The molecule has 0 bridgehead atoms. The lowest BCUT2D eigenvalue weighted by molar-refractivity contribution is -0.138. The van der Waals surface area contributed by atoms with Gasteiger partial charge in [-0.1, -0.05) is 24.6 Å². The van der Waals surface area contributed by atoms with Crippen LogP contribution in [0.1, 0.15) is 30.7 Å². The third-order valence-electron chi connectivity index (χ3n) is 5.22. The second kappa shape index (κ2) is 4.08. The summed E-state index contributed by atoms with van der Waals surface area (Å²) in [5, 5.41) is 9.34. The maximum absolute atomic E-state index is 12.7. The summed E-state index contributed by atoms with van der Waals surface area (Å²) in [4.78, 5) is 25.8. The number of anilines is 1. The van der Waals surface area contributed by atoms with Gasteiger partial charge < -0.3 is 10.0 Å². The molecular weight excluding hydrogens is 254 g/mol. The third-order valence-corrected chi connectivity index (χ3v) is 5.22. The number of nitrogens with zero attached hydrogens (tertiary/aromatic N) is 1. The molecule has 3 unspecified atom stereocenters. The average molecular weight is 271 g/mol. The summed E-state index contributed by atoms with van der Waals surface area (Å²) >= 11 is 0. The second-order valence-corrected chi connectivity index (χ2v) is 6.18. The summed E-state index contributed by atoms with van der Waals surface area (Å²) in [6, 6.07) is 7.41. The van der Waals surface area contributed by atoms with Crippen molar-refractivity contribution < 1.29 is 14.7 Å². The molecule has 0 radical (unpaired) electrons. The van der Waals surface area contributed by atoms with Crippen molar-refractivity contribution in [3.05, 3.63) is 29.8 Å². The van der Waals surface area contributed by atoms with Crippen LogP contribution in [0.15, 0.2) is 24.3 Å². The lowest BCUT2D eigenvalue weighted by Gasteiger charge is -2.18. The van der Waals surface area contributed by atoms with Gasteiger partial charge in [0.15, 0.2) is 0 Å². The van der Waals surface area contributed by atoms with Crippen molar-refractivity contribution in [1.82, 2.24) is 0 Å². The Morgan fingerprint density at radius 3 is 2.55 bits per heavy atom. The highest BCUT2D eigenvalue weighted by molar-refractivity contribution is 6.01. The number of benzene rings is 1. The second-order valence-electron chi connectivity index (χ2n) is 6.18. The molecule has 0 spiro atoms. The fraction of sp³-hybridized carbons (Fsp3) is 0.500. The van der Waals surface area contributed by atoms with Gasteiger partial charge in [-0.15, -0.1) is 0 Å². The molecular formula is C16H17NO3. The Labute approximate surface area is 117 Å². The van der Waals surface area contributed by atoms with Crippen molar-refractivity contribution in [1.29, 1.82) is 0 Å². The maximum atomic E-state index is 12.7. The SMILES string of the molecule is O=C(O)C1CN(C(=O)C2C3CCCC32)c2ccccc21. The number of hydrogen-bond donors (Lipinski definition) is 1. The van der Waals surface area contributed by atoms with Gasteiger partial charge in [0, 0.05) is 18.2 Å². The van der Waals surface area contributed by atoms with Crippen LogP contribution in [0.5, 0.6) is 0 Å². The lowest BCUT2D eigenvalue weighted by atomic mass is 10.0. The molecule has 4 heteroatoms. The van der Waals surface area contributed by atoms with E-state index in [2.05, 4.69) is 0 Å². The van der Waals surface area contributed by atoms with Gasteiger partial charge in [0.05, 0.1) is 0 Å². The Hall–Kier alpha value is -1.84. The summed E-state index contributed by atoms with van der Waals surface area (Å²) in [7, 11) is 0. The zero-order valence-electron chi connectivity index (χ0n) is 11.2. The molecule has 1 N–H and O–H groups in total. The number of carboxylic acids is 1. The van der Waals surface area contributed by atoms with Crippen LogP contribution in [0.3, 0.4) is 0 Å². The fourth-order valence-corrected chi connectivity index (χ4v) is 4.19. The van der Waals surface area contributed by atoms with E-state index in [0.717, 1.165) is 11.3 Å². The molecule has 1 aromatic rings. The van der Waals surface area contributed by atoms with Crippen molar-refractivity contribution in [2.45, 2.75) is 25.2 Å². The topological polar surface area (TPSA) is 57.6 Å². The maximum Gasteiger partial charge on any atom is 0.312 e. The molecule has 0 aromatic heterocycles. The number of aliphatic carboxylic acids is 1. The fourth-order valence-electron chi connectivity index (χ4n) is 4.19. The van der Waals surface area contributed by atoms with E-state index in [1.165, 1.54) is 19.3 Å². The largest absolute Gasteiger partial charge is 0.481 e. The van der Waals surface area contributed by atoms with Crippen molar-refractivity contribution in [2.75, 3.05) is 11.4 Å². The number of carbonyl (C=O) groups excluding carboxylic acids is 1. The molecule has 1 aliphatic heterocycles. The highest BCUT2D eigenvalue weighted by Crippen LogP contribution is 2.58. The summed E-state index contributed by atoms with van der Waals surface area (Å²) in [5.74, 6) is 0.0230. The van der Waals surface area contributed by atoms with E-state index in [4.69, 9.17) is 0 Å². The van der Waals surface area contributed by atoms with E-state index in [9.17, 15) is 14.7 Å². The average Bonchev–Trinajstić information content (AvgIpc) is 2.82. The van der Waals surface area contributed by atoms with Crippen molar-refractivity contribution in [3.8, 4) is 0 Å². The minimum absolute atomic E-state index is 0.149. The number of rotatable bonds is 2. The summed E-state index contributed by atoms with van der Waals surface area (Å²) < 4.78 is 0. The first kappa shape index (κ1) is 11.9. The van der Waals surface area contributed by atoms with Crippen LogP contribution in [-0.2, 0) is 9.59 Å². The molecule has 1 aromatic carbocycles. The van der Waals surface area contributed by atoms with Crippen LogP contribution in [0, 0.1) is 17.8 Å². The van der Waals surface area contributed by atoms with E-state index >= 15 is 0 Å². The zero-order chi connectivity index (χ0) is 13.9. The molecule has 104 valence electrons. The van der Waals surface area contributed by atoms with Gasteiger partial charge in [-0.2, -0.15) is 0 Å². The standard InChI is InChI=1S/C16H17NO3/c18-15(14-10-5-3-6-11(10)14)17-8-12(16(19)20)9-4-1-2-7-13(9)17/h1-2,4,7,10-12,14H,3,5-6,8H2,(H,19,20). The smallest absolute Gasteiger partial charge is 0.312 e. The molecule has 1 amide bonds. The molecule has 1 heterocycles. The van der Waals surface area contributed by atoms with Gasteiger partial charge in [0.1, 0.15) is 5.92 Å². The van der Waals surface area contributed by atoms with Crippen LogP contribution >= 0.6 is 0 Å². The van der Waals surface area contributed by atoms with Crippen LogP contribution in [0.4, 0.5) is 5.69 Å². The highest BCUT2D eigenvalue weighted by atomic mass is 16.4. The molecule has 4 nitrogen and oxygen atoms in total. The molecule has 0 saturated heterocycles. The zero-order valence-corrected chi connectivity index (χ0v) is 11.2. The van der Waals surface area contributed by atoms with Crippen LogP contribution < -0.4 is 4.90 Å². The minimum Gasteiger partial charge on any atom is -0.481 e. The summed E-state index contributed by atoms with van der Waals surface area (Å²) in [5.41, 5.74) is 1.58. The quantitative estimate of drug-likeness (QED) is 0.897. The molecule has 3 atom stereocenters. The normalized spacial score (nSPS) is 33.7. The number of carbonyl (C=O) groups is 2. The van der Waals surface area contributed by atoms with Gasteiger partial charge in [-0.05, 0) is 36.3 Å². The monoisotopic (exact) mass is 271 g/mol. The Morgan fingerprint density at radius 2 is 1.85 bits per heavy atom. The van der Waals surface area contributed by atoms with E-state index in [0.29, 0.717) is 18.4 Å². The summed E-state index contributed by atoms with van der Waals surface area (Å²) in [6.07, 6.45) is 3.57. The molecule has 3 aliphatic rings. The number of hydrogen-bond acceptors (Lipinski definition) is 2. The Kier molecular flexibility index (Phi) is 2.43. The number of para-hydroxylation sites is 1.